The molecule has 118 valence electrons. The van der Waals surface area contributed by atoms with Crippen LogP contribution in [0.15, 0.2) is 12.4 Å². The highest BCUT2D eigenvalue weighted by Crippen LogP contribution is 2.25. The lowest BCUT2D eigenvalue weighted by atomic mass is 10.2. The van der Waals surface area contributed by atoms with E-state index in [0.717, 1.165) is 31.7 Å². The highest BCUT2D eigenvalue weighted by Gasteiger charge is 2.26. The van der Waals surface area contributed by atoms with E-state index in [4.69, 9.17) is 14.2 Å². The molecule has 0 spiro atoms. The first-order valence-corrected chi connectivity index (χ1v) is 7.55. The van der Waals surface area contributed by atoms with E-state index in [1.165, 1.54) is 7.11 Å². The molecule has 0 radical (unpaired) electrons. The molecule has 1 fully saturated rings. The van der Waals surface area contributed by atoms with E-state index in [0.29, 0.717) is 6.42 Å². The van der Waals surface area contributed by atoms with E-state index in [9.17, 15) is 4.79 Å². The number of carbonyl (C=O) groups excluding carboxylic acids is 1. The molecule has 0 saturated carbocycles. The summed E-state index contributed by atoms with van der Waals surface area (Å²) in [5.41, 5.74) is 0. The molecular formula is C15H24N2O4. The molecule has 21 heavy (non-hydrogen) atoms. The first-order valence-electron chi connectivity index (χ1n) is 7.55. The molecule has 0 bridgehead atoms. The van der Waals surface area contributed by atoms with Crippen molar-refractivity contribution in [3.05, 3.63) is 18.2 Å². The van der Waals surface area contributed by atoms with E-state index in [2.05, 4.69) is 4.98 Å². The highest BCUT2D eigenvalue weighted by atomic mass is 16.7. The minimum Gasteiger partial charge on any atom is -0.467 e. The molecule has 0 aromatic carbocycles. The molecule has 1 aromatic rings. The average molecular weight is 296 g/mol. The molecule has 1 aliphatic heterocycles. The van der Waals surface area contributed by atoms with Crippen LogP contribution in [-0.2, 0) is 19.0 Å². The monoisotopic (exact) mass is 296 g/mol. The fraction of sp³-hybridized carbons (Fsp3) is 0.733. The molecule has 6 heteroatoms. The Morgan fingerprint density at radius 3 is 3.00 bits per heavy atom. The van der Waals surface area contributed by atoms with Crippen LogP contribution in [-0.4, -0.2) is 35.5 Å². The Bertz CT molecular complexity index is 454. The van der Waals surface area contributed by atoms with E-state index < -0.39 is 0 Å². The summed E-state index contributed by atoms with van der Waals surface area (Å²) in [5.74, 6) is 0.458. The second kappa shape index (κ2) is 7.56. The topological polar surface area (TPSA) is 62.6 Å². The zero-order valence-corrected chi connectivity index (χ0v) is 12.9. The van der Waals surface area contributed by atoms with Gasteiger partial charge in [-0.05, 0) is 32.6 Å². The first kappa shape index (κ1) is 16.0. The normalized spacial score (nSPS) is 21.8. The van der Waals surface area contributed by atoms with Crippen LogP contribution in [0.3, 0.4) is 0 Å². The number of aromatic nitrogens is 2. The molecule has 2 rings (SSSR count). The molecular weight excluding hydrogens is 272 g/mol. The lowest BCUT2D eigenvalue weighted by Gasteiger charge is -2.27. The summed E-state index contributed by atoms with van der Waals surface area (Å²) >= 11 is 0. The van der Waals surface area contributed by atoms with Crippen LogP contribution in [0, 0.1) is 0 Å². The van der Waals surface area contributed by atoms with Gasteiger partial charge in [-0.2, -0.15) is 0 Å². The van der Waals surface area contributed by atoms with E-state index >= 15 is 0 Å². The van der Waals surface area contributed by atoms with Gasteiger partial charge in [-0.15, -0.1) is 0 Å². The Morgan fingerprint density at radius 2 is 2.38 bits per heavy atom. The minimum atomic E-state index is -0.370. The number of rotatable bonds is 6. The maximum atomic E-state index is 11.9. The van der Waals surface area contributed by atoms with Crippen molar-refractivity contribution in [1.82, 2.24) is 9.55 Å². The van der Waals surface area contributed by atoms with Crippen molar-refractivity contribution < 1.29 is 19.0 Å². The zero-order chi connectivity index (χ0) is 15.2. The van der Waals surface area contributed by atoms with Crippen LogP contribution in [0.4, 0.5) is 0 Å². The number of ether oxygens (including phenoxy) is 3. The maximum absolute atomic E-state index is 11.9. The van der Waals surface area contributed by atoms with Gasteiger partial charge in [-0.25, -0.2) is 9.78 Å². The van der Waals surface area contributed by atoms with Gasteiger partial charge >= 0.3 is 5.97 Å². The van der Waals surface area contributed by atoms with Crippen LogP contribution in [0.1, 0.15) is 57.5 Å². The van der Waals surface area contributed by atoms with Gasteiger partial charge in [0.25, 0.3) is 0 Å². The lowest BCUT2D eigenvalue weighted by Crippen LogP contribution is -2.27. The third kappa shape index (κ3) is 3.83. The Morgan fingerprint density at radius 1 is 1.57 bits per heavy atom. The van der Waals surface area contributed by atoms with E-state index in [1.54, 1.807) is 12.4 Å². The van der Waals surface area contributed by atoms with Crippen LogP contribution in [0.25, 0.3) is 0 Å². The summed E-state index contributed by atoms with van der Waals surface area (Å²) in [6.45, 7) is 4.62. The number of imidazole rings is 1. The first-order chi connectivity index (χ1) is 10.2. The van der Waals surface area contributed by atoms with Gasteiger partial charge in [0.05, 0.1) is 7.11 Å². The van der Waals surface area contributed by atoms with Crippen LogP contribution in [0.2, 0.25) is 0 Å². The Labute approximate surface area is 125 Å². The van der Waals surface area contributed by atoms with Gasteiger partial charge in [0.2, 0.25) is 0 Å². The molecule has 1 saturated heterocycles. The standard InChI is InChI=1S/C15H24N2O4/c1-4-12(15(18)19-3)17-9-8-16-14(17)11(2)21-13-7-5-6-10-20-13/h8-9,11-13H,4-7,10H2,1-3H3/t11-,12+,13?/m0/s1. The van der Waals surface area contributed by atoms with Gasteiger partial charge in [0.1, 0.15) is 18.0 Å². The summed E-state index contributed by atoms with van der Waals surface area (Å²) < 4.78 is 18.2. The smallest absolute Gasteiger partial charge is 0.328 e. The molecule has 1 aliphatic rings. The van der Waals surface area contributed by atoms with Crippen LogP contribution in [0.5, 0.6) is 0 Å². The van der Waals surface area contributed by atoms with Gasteiger partial charge in [0.15, 0.2) is 6.29 Å². The van der Waals surface area contributed by atoms with Gasteiger partial charge < -0.3 is 18.8 Å². The molecule has 6 nitrogen and oxygen atoms in total. The molecule has 0 aliphatic carbocycles. The predicted octanol–water partition coefficient (Wildman–Crippen LogP) is 2.61. The summed E-state index contributed by atoms with van der Waals surface area (Å²) in [5, 5.41) is 0. The van der Waals surface area contributed by atoms with Gasteiger partial charge in [0, 0.05) is 19.0 Å². The quantitative estimate of drug-likeness (QED) is 0.755. The summed E-state index contributed by atoms with van der Waals surface area (Å²) in [6, 6.07) is -0.370. The molecule has 1 unspecified atom stereocenters. The molecule has 3 atom stereocenters. The second-order valence-corrected chi connectivity index (χ2v) is 5.21. The van der Waals surface area contributed by atoms with E-state index in [-0.39, 0.29) is 24.4 Å². The van der Waals surface area contributed by atoms with Crippen molar-refractivity contribution in [3.8, 4) is 0 Å². The largest absolute Gasteiger partial charge is 0.467 e. The van der Waals surface area contributed by atoms with E-state index in [1.807, 2.05) is 18.4 Å². The Balaban J connectivity index is 2.08. The van der Waals surface area contributed by atoms with Gasteiger partial charge in [-0.3, -0.25) is 0 Å². The van der Waals surface area contributed by atoms with Crippen molar-refractivity contribution in [2.75, 3.05) is 13.7 Å². The Kier molecular flexibility index (Phi) is 5.76. The lowest BCUT2D eigenvalue weighted by molar-refractivity contribution is -0.188. The fourth-order valence-corrected chi connectivity index (χ4v) is 2.62. The number of carbonyl (C=O) groups is 1. The van der Waals surface area contributed by atoms with Crippen LogP contribution < -0.4 is 0 Å². The van der Waals surface area contributed by atoms with Gasteiger partial charge in [-0.1, -0.05) is 6.92 Å². The third-order valence-electron chi connectivity index (χ3n) is 3.75. The Hall–Kier alpha value is -1.40. The average Bonchev–Trinajstić information content (AvgIpc) is 2.98. The predicted molar refractivity (Wildman–Crippen MR) is 76.7 cm³/mol. The molecule has 0 amide bonds. The summed E-state index contributed by atoms with van der Waals surface area (Å²) in [7, 11) is 1.40. The van der Waals surface area contributed by atoms with Crippen molar-refractivity contribution in [1.29, 1.82) is 0 Å². The third-order valence-corrected chi connectivity index (χ3v) is 3.75. The number of nitrogens with zero attached hydrogens (tertiary/aromatic N) is 2. The summed E-state index contributed by atoms with van der Waals surface area (Å²) in [6.07, 6.45) is 6.81. The number of hydrogen-bond acceptors (Lipinski definition) is 5. The maximum Gasteiger partial charge on any atom is 0.328 e. The molecule has 1 aromatic heterocycles. The SMILES string of the molecule is CC[C@H](C(=O)OC)n1ccnc1[C@H](C)OC1CCCCO1. The molecule has 0 N–H and O–H groups in total. The number of esters is 1. The van der Waals surface area contributed by atoms with Crippen molar-refractivity contribution in [3.63, 3.8) is 0 Å². The van der Waals surface area contributed by atoms with Crippen molar-refractivity contribution in [2.24, 2.45) is 0 Å². The zero-order valence-electron chi connectivity index (χ0n) is 12.9. The molecule has 2 heterocycles. The highest BCUT2D eigenvalue weighted by molar-refractivity contribution is 5.74. The minimum absolute atomic E-state index is 0.183. The van der Waals surface area contributed by atoms with Crippen molar-refractivity contribution >= 4 is 5.97 Å². The summed E-state index contributed by atoms with van der Waals surface area (Å²) in [4.78, 5) is 16.2. The van der Waals surface area contributed by atoms with Crippen molar-refractivity contribution in [2.45, 2.75) is 58.0 Å². The van der Waals surface area contributed by atoms with Crippen LogP contribution >= 0.6 is 0 Å². The fourth-order valence-electron chi connectivity index (χ4n) is 2.62. The number of methoxy groups -OCH3 is 1. The second-order valence-electron chi connectivity index (χ2n) is 5.21. The number of hydrogen-bond donors (Lipinski definition) is 0.